The Bertz CT molecular complexity index is 338. The Balaban J connectivity index is 3.17. The van der Waals surface area contributed by atoms with Gasteiger partial charge in [0.15, 0.2) is 5.78 Å². The number of carboxylic acids is 1. The van der Waals surface area contributed by atoms with Crippen molar-refractivity contribution in [3.8, 4) is 0 Å². The van der Waals surface area contributed by atoms with E-state index in [-0.39, 0.29) is 11.3 Å². The van der Waals surface area contributed by atoms with E-state index in [9.17, 15) is 9.59 Å². The van der Waals surface area contributed by atoms with Gasteiger partial charge in [0, 0.05) is 4.88 Å². The molecule has 1 aromatic rings. The van der Waals surface area contributed by atoms with Gasteiger partial charge in [-0.1, -0.05) is 0 Å². The lowest BCUT2D eigenvalue weighted by Gasteiger charge is -1.86. The van der Waals surface area contributed by atoms with Gasteiger partial charge in [0.2, 0.25) is 0 Å². The first-order chi connectivity index (χ1) is 5.52. The predicted molar refractivity (Wildman–Crippen MR) is 46.0 cm³/mol. The normalized spacial score (nSPS) is 9.83. The summed E-state index contributed by atoms with van der Waals surface area (Å²) in [6.07, 6.45) is 0. The molecule has 1 N–H and O–H groups in total. The second kappa shape index (κ2) is 3.06. The van der Waals surface area contributed by atoms with Crippen LogP contribution in [-0.4, -0.2) is 16.9 Å². The highest BCUT2D eigenvalue weighted by Crippen LogP contribution is 2.21. The molecule has 0 aromatic carbocycles. The summed E-state index contributed by atoms with van der Waals surface area (Å²) in [7, 11) is 0. The van der Waals surface area contributed by atoms with E-state index in [1.807, 2.05) is 0 Å². The summed E-state index contributed by atoms with van der Waals surface area (Å²) in [5, 5.41) is 8.66. The first-order valence-electron chi connectivity index (χ1n) is 3.37. The minimum atomic E-state index is -0.976. The molecule has 1 aromatic heterocycles. The number of ketones is 1. The molecule has 0 fully saturated rings. The van der Waals surface area contributed by atoms with Crippen LogP contribution in [0.2, 0.25) is 0 Å². The number of thiophene rings is 1. The SMILES string of the molecule is CC(=O)c1cc(C(=O)O)c(C)s1. The summed E-state index contributed by atoms with van der Waals surface area (Å²) in [6.45, 7) is 3.12. The highest BCUT2D eigenvalue weighted by Gasteiger charge is 2.13. The Labute approximate surface area is 73.6 Å². The fourth-order valence-corrected chi connectivity index (χ4v) is 1.77. The Hall–Kier alpha value is -1.16. The van der Waals surface area contributed by atoms with Crippen LogP contribution in [-0.2, 0) is 0 Å². The summed E-state index contributed by atoms with van der Waals surface area (Å²) in [6, 6.07) is 1.42. The quantitative estimate of drug-likeness (QED) is 0.715. The average Bonchev–Trinajstić information content (AvgIpc) is 2.30. The van der Waals surface area contributed by atoms with E-state index >= 15 is 0 Å². The number of carboxylic acid groups (broad SMARTS) is 1. The Kier molecular flexibility index (Phi) is 2.28. The minimum absolute atomic E-state index is 0.0874. The van der Waals surface area contributed by atoms with Crippen molar-refractivity contribution in [2.45, 2.75) is 13.8 Å². The van der Waals surface area contributed by atoms with Gasteiger partial charge in [-0.25, -0.2) is 4.79 Å². The van der Waals surface area contributed by atoms with Crippen molar-refractivity contribution >= 4 is 23.1 Å². The molecular formula is C8H8O3S. The fraction of sp³-hybridized carbons (Fsp3) is 0.250. The molecule has 3 nitrogen and oxygen atoms in total. The largest absolute Gasteiger partial charge is 0.478 e. The summed E-state index contributed by atoms with van der Waals surface area (Å²) >= 11 is 1.22. The maximum Gasteiger partial charge on any atom is 0.336 e. The van der Waals surface area contributed by atoms with E-state index in [1.165, 1.54) is 24.3 Å². The number of hydrogen-bond acceptors (Lipinski definition) is 3. The van der Waals surface area contributed by atoms with Gasteiger partial charge in [-0.15, -0.1) is 11.3 Å². The molecule has 0 bridgehead atoms. The highest BCUT2D eigenvalue weighted by molar-refractivity contribution is 7.14. The average molecular weight is 184 g/mol. The molecule has 0 atom stereocenters. The van der Waals surface area contributed by atoms with Gasteiger partial charge in [0.05, 0.1) is 10.4 Å². The highest BCUT2D eigenvalue weighted by atomic mass is 32.1. The summed E-state index contributed by atoms with van der Waals surface area (Å²) in [5.74, 6) is -1.06. The third-order valence-electron chi connectivity index (χ3n) is 1.50. The molecule has 12 heavy (non-hydrogen) atoms. The number of aryl methyl sites for hydroxylation is 1. The smallest absolute Gasteiger partial charge is 0.336 e. The van der Waals surface area contributed by atoms with Gasteiger partial charge in [-0.2, -0.15) is 0 Å². The molecular weight excluding hydrogens is 176 g/mol. The van der Waals surface area contributed by atoms with Crippen molar-refractivity contribution in [1.29, 1.82) is 0 Å². The van der Waals surface area contributed by atoms with Crippen LogP contribution in [0.1, 0.15) is 31.8 Å². The topological polar surface area (TPSA) is 54.4 Å². The van der Waals surface area contributed by atoms with E-state index < -0.39 is 5.97 Å². The van der Waals surface area contributed by atoms with Gasteiger partial charge in [-0.05, 0) is 19.9 Å². The van der Waals surface area contributed by atoms with Crippen LogP contribution in [0.3, 0.4) is 0 Å². The number of carbonyl (C=O) groups excluding carboxylic acids is 1. The minimum Gasteiger partial charge on any atom is -0.478 e. The van der Waals surface area contributed by atoms with Crippen molar-refractivity contribution in [2.24, 2.45) is 0 Å². The van der Waals surface area contributed by atoms with Crippen molar-refractivity contribution in [3.63, 3.8) is 0 Å². The predicted octanol–water partition coefficient (Wildman–Crippen LogP) is 1.96. The number of rotatable bonds is 2. The second-order valence-corrected chi connectivity index (χ2v) is 3.70. The molecule has 0 amide bonds. The van der Waals surface area contributed by atoms with E-state index in [0.29, 0.717) is 9.75 Å². The lowest BCUT2D eigenvalue weighted by atomic mass is 10.2. The molecule has 0 aliphatic rings. The summed E-state index contributed by atoms with van der Waals surface area (Å²) in [5.41, 5.74) is 0.227. The second-order valence-electron chi connectivity index (χ2n) is 2.44. The van der Waals surface area contributed by atoms with Crippen molar-refractivity contribution in [3.05, 3.63) is 21.4 Å². The molecule has 1 rings (SSSR count). The van der Waals surface area contributed by atoms with Crippen LogP contribution < -0.4 is 0 Å². The van der Waals surface area contributed by atoms with E-state index in [0.717, 1.165) is 0 Å². The number of Topliss-reactive ketones (excluding diaryl/α,β-unsaturated/α-hetero) is 1. The third kappa shape index (κ3) is 1.53. The van der Waals surface area contributed by atoms with Crippen LogP contribution in [0.4, 0.5) is 0 Å². The van der Waals surface area contributed by atoms with Gasteiger partial charge < -0.3 is 5.11 Å². The molecule has 64 valence electrons. The number of carbonyl (C=O) groups is 2. The molecule has 0 spiro atoms. The molecule has 0 aliphatic heterocycles. The van der Waals surface area contributed by atoms with E-state index in [1.54, 1.807) is 6.92 Å². The summed E-state index contributed by atoms with van der Waals surface area (Å²) in [4.78, 5) is 22.6. The van der Waals surface area contributed by atoms with Crippen molar-refractivity contribution in [1.82, 2.24) is 0 Å². The Morgan fingerprint density at radius 2 is 2.08 bits per heavy atom. The molecule has 0 radical (unpaired) electrons. The molecule has 0 unspecified atom stereocenters. The molecule has 1 heterocycles. The van der Waals surface area contributed by atoms with Crippen LogP contribution in [0, 0.1) is 6.92 Å². The zero-order valence-electron chi connectivity index (χ0n) is 6.75. The lowest BCUT2D eigenvalue weighted by Crippen LogP contribution is -1.95. The zero-order valence-corrected chi connectivity index (χ0v) is 7.57. The molecule has 4 heteroatoms. The first-order valence-corrected chi connectivity index (χ1v) is 4.18. The Morgan fingerprint density at radius 3 is 2.33 bits per heavy atom. The Morgan fingerprint density at radius 1 is 1.50 bits per heavy atom. The maximum atomic E-state index is 10.9. The summed E-state index contributed by atoms with van der Waals surface area (Å²) < 4.78 is 0. The number of hydrogen-bond donors (Lipinski definition) is 1. The monoisotopic (exact) mass is 184 g/mol. The van der Waals surface area contributed by atoms with Gasteiger partial charge in [0.25, 0.3) is 0 Å². The van der Waals surface area contributed by atoms with Crippen molar-refractivity contribution < 1.29 is 14.7 Å². The van der Waals surface area contributed by atoms with Gasteiger partial charge in [-0.3, -0.25) is 4.79 Å². The standard InChI is InChI=1S/C8H8O3S/c1-4(9)7-3-6(8(10)11)5(2)12-7/h3H,1-2H3,(H,10,11). The fourth-order valence-electron chi connectivity index (χ4n) is 0.868. The van der Waals surface area contributed by atoms with Gasteiger partial charge in [0.1, 0.15) is 0 Å². The van der Waals surface area contributed by atoms with Gasteiger partial charge >= 0.3 is 5.97 Å². The lowest BCUT2D eigenvalue weighted by molar-refractivity contribution is 0.0697. The zero-order chi connectivity index (χ0) is 9.30. The van der Waals surface area contributed by atoms with Crippen LogP contribution >= 0.6 is 11.3 Å². The van der Waals surface area contributed by atoms with Crippen LogP contribution in [0.15, 0.2) is 6.07 Å². The first kappa shape index (κ1) is 8.93. The van der Waals surface area contributed by atoms with Crippen molar-refractivity contribution in [2.75, 3.05) is 0 Å². The molecule has 0 saturated carbocycles. The molecule has 0 aliphatic carbocycles. The van der Waals surface area contributed by atoms with Crippen LogP contribution in [0.25, 0.3) is 0 Å². The van der Waals surface area contributed by atoms with E-state index in [2.05, 4.69) is 0 Å². The maximum absolute atomic E-state index is 10.9. The van der Waals surface area contributed by atoms with Crippen LogP contribution in [0.5, 0.6) is 0 Å². The number of aromatic carboxylic acids is 1. The third-order valence-corrected chi connectivity index (χ3v) is 2.65. The van der Waals surface area contributed by atoms with E-state index in [4.69, 9.17) is 5.11 Å². The molecule has 0 saturated heterocycles.